The first-order valence-corrected chi connectivity index (χ1v) is 41.8. The molecule has 0 saturated heterocycles. The van der Waals surface area contributed by atoms with E-state index in [1.807, 2.05) is 0 Å². The summed E-state index contributed by atoms with van der Waals surface area (Å²) in [6.07, 6.45) is 58.3. The number of hydrogen-bond acceptors (Lipinski definition) is 15. The molecule has 0 fully saturated rings. The highest BCUT2D eigenvalue weighted by Gasteiger charge is 2.30. The van der Waals surface area contributed by atoms with E-state index >= 15 is 0 Å². The van der Waals surface area contributed by atoms with Crippen LogP contribution in [0.5, 0.6) is 0 Å². The normalized spacial score (nSPS) is 13.9. The summed E-state index contributed by atoms with van der Waals surface area (Å²) in [6, 6.07) is 0. The van der Waals surface area contributed by atoms with Crippen molar-refractivity contribution in [3.63, 3.8) is 0 Å². The second-order valence-corrected chi connectivity index (χ2v) is 29.6. The van der Waals surface area contributed by atoms with Crippen LogP contribution in [0.25, 0.3) is 0 Å². The number of carbonyl (C=O) groups excluding carboxylic acids is 4. The molecule has 17 nitrogen and oxygen atoms in total. The Morgan fingerprint density at radius 2 is 0.430 bits per heavy atom. The lowest BCUT2D eigenvalue weighted by atomic mass is 10.0. The largest absolute Gasteiger partial charge is 0.472 e. The molecule has 0 radical (unpaired) electrons. The van der Waals surface area contributed by atoms with Crippen LogP contribution in [0.1, 0.15) is 394 Å². The van der Waals surface area contributed by atoms with Crippen molar-refractivity contribution in [3.8, 4) is 0 Å². The van der Waals surface area contributed by atoms with Gasteiger partial charge in [0.2, 0.25) is 0 Å². The smallest absolute Gasteiger partial charge is 0.462 e. The molecule has 0 aromatic carbocycles. The summed E-state index contributed by atoms with van der Waals surface area (Å²) in [7, 11) is -9.90. The number of phosphoric acid groups is 2. The van der Waals surface area contributed by atoms with E-state index in [0.717, 1.165) is 103 Å². The van der Waals surface area contributed by atoms with E-state index in [9.17, 15) is 43.2 Å². The maximum atomic E-state index is 13.1. The average Bonchev–Trinajstić information content (AvgIpc) is 3.41. The van der Waals surface area contributed by atoms with Crippen LogP contribution >= 0.6 is 15.6 Å². The van der Waals surface area contributed by atoms with Gasteiger partial charge in [0.15, 0.2) is 12.2 Å². The fraction of sp³-hybridized carbons (Fsp3) is 0.946. The number of rotatable bonds is 75. The zero-order valence-corrected chi connectivity index (χ0v) is 62.0. The van der Waals surface area contributed by atoms with Crippen molar-refractivity contribution in [2.24, 2.45) is 0 Å². The van der Waals surface area contributed by atoms with Crippen molar-refractivity contribution >= 4 is 39.5 Å². The zero-order valence-electron chi connectivity index (χ0n) is 60.2. The van der Waals surface area contributed by atoms with Crippen molar-refractivity contribution in [1.29, 1.82) is 0 Å². The number of aliphatic hydroxyl groups is 1. The summed E-state index contributed by atoms with van der Waals surface area (Å²) in [4.78, 5) is 72.6. The zero-order chi connectivity index (χ0) is 68.2. The molecule has 5 atom stereocenters. The first-order chi connectivity index (χ1) is 45.2. The van der Waals surface area contributed by atoms with E-state index in [2.05, 4.69) is 27.7 Å². The Hall–Kier alpha value is -1.94. The van der Waals surface area contributed by atoms with Crippen LogP contribution in [0.4, 0.5) is 0 Å². The molecular weight excluding hydrogens is 1220 g/mol. The van der Waals surface area contributed by atoms with E-state index in [4.69, 9.17) is 37.0 Å². The molecule has 0 amide bonds. The van der Waals surface area contributed by atoms with Crippen LogP contribution < -0.4 is 0 Å². The average molecular weight is 1370 g/mol. The maximum absolute atomic E-state index is 13.1. The van der Waals surface area contributed by atoms with E-state index < -0.39 is 97.5 Å². The van der Waals surface area contributed by atoms with Crippen molar-refractivity contribution in [2.45, 2.75) is 412 Å². The summed E-state index contributed by atoms with van der Waals surface area (Å²) < 4.78 is 68.3. The Kier molecular flexibility index (Phi) is 67.1. The molecule has 0 aliphatic rings. The third-order valence-corrected chi connectivity index (χ3v) is 19.3. The summed E-state index contributed by atoms with van der Waals surface area (Å²) >= 11 is 0. The van der Waals surface area contributed by atoms with Crippen molar-refractivity contribution in [2.75, 3.05) is 39.6 Å². The van der Waals surface area contributed by atoms with Crippen molar-refractivity contribution in [1.82, 2.24) is 0 Å². The highest BCUT2D eigenvalue weighted by molar-refractivity contribution is 7.47. The minimum absolute atomic E-state index is 0.107. The molecule has 0 saturated carbocycles. The fourth-order valence-corrected chi connectivity index (χ4v) is 13.0. The maximum Gasteiger partial charge on any atom is 0.472 e. The Balaban J connectivity index is 5.19. The molecule has 0 aliphatic carbocycles. The minimum Gasteiger partial charge on any atom is -0.462 e. The van der Waals surface area contributed by atoms with Gasteiger partial charge in [-0.15, -0.1) is 0 Å². The summed E-state index contributed by atoms with van der Waals surface area (Å²) in [5.41, 5.74) is 0. The van der Waals surface area contributed by atoms with Gasteiger partial charge < -0.3 is 33.8 Å². The topological polar surface area (TPSA) is 237 Å². The molecule has 552 valence electrons. The van der Waals surface area contributed by atoms with E-state index in [0.29, 0.717) is 25.7 Å². The molecular formula is C74H144O17P2. The van der Waals surface area contributed by atoms with Crippen LogP contribution in [-0.2, 0) is 65.4 Å². The monoisotopic (exact) mass is 1370 g/mol. The molecule has 93 heavy (non-hydrogen) atoms. The number of hydrogen-bond donors (Lipinski definition) is 3. The Bertz CT molecular complexity index is 1770. The first-order valence-electron chi connectivity index (χ1n) is 38.8. The number of phosphoric ester groups is 2. The predicted octanol–water partition coefficient (Wildman–Crippen LogP) is 21.8. The standard InChI is InChI=1S/C74H144O17P2/c1-5-9-13-17-21-24-27-30-32-34-35-37-39-42-45-49-53-57-61-74(79)91-70(65-85-72(77)59-55-51-47-43-41-38-36-33-31-28-25-22-18-14-10-6-2)67-89-93(82,83)87-63-68(75)62-86-92(80,81)88-66-69(64-84-71(76)58-54-50-46-20-16-12-8-4)90-73(78)60-56-52-48-44-40-29-26-23-19-15-11-7-3/h68-70,75H,5-67H2,1-4H3,(H,80,81)(H,82,83)/t68-,69+,70+/m0/s1. The van der Waals surface area contributed by atoms with Gasteiger partial charge in [0.25, 0.3) is 0 Å². The lowest BCUT2D eigenvalue weighted by Crippen LogP contribution is -2.30. The van der Waals surface area contributed by atoms with Crippen molar-refractivity contribution < 1.29 is 80.2 Å². The number of aliphatic hydroxyl groups excluding tert-OH is 1. The Labute approximate surface area is 568 Å². The highest BCUT2D eigenvalue weighted by Crippen LogP contribution is 2.45. The first kappa shape index (κ1) is 91.1. The Morgan fingerprint density at radius 3 is 0.634 bits per heavy atom. The van der Waals surface area contributed by atoms with Crippen LogP contribution in [0.2, 0.25) is 0 Å². The quantitative estimate of drug-likeness (QED) is 0.0222. The second kappa shape index (κ2) is 68.6. The van der Waals surface area contributed by atoms with Crippen LogP contribution in [-0.4, -0.2) is 96.7 Å². The van der Waals surface area contributed by atoms with Gasteiger partial charge in [-0.2, -0.15) is 0 Å². The summed E-state index contributed by atoms with van der Waals surface area (Å²) in [6.45, 7) is 4.94. The molecule has 0 heterocycles. The predicted molar refractivity (Wildman–Crippen MR) is 377 cm³/mol. The third-order valence-electron chi connectivity index (χ3n) is 17.4. The second-order valence-electron chi connectivity index (χ2n) is 26.7. The number of esters is 4. The fourth-order valence-electron chi connectivity index (χ4n) is 11.4. The van der Waals surface area contributed by atoms with Gasteiger partial charge in [0, 0.05) is 25.7 Å². The highest BCUT2D eigenvalue weighted by atomic mass is 31.2. The van der Waals surface area contributed by atoms with Gasteiger partial charge in [-0.3, -0.25) is 37.3 Å². The molecule has 0 aromatic rings. The molecule has 0 aliphatic heterocycles. The van der Waals surface area contributed by atoms with Crippen LogP contribution in [0.15, 0.2) is 0 Å². The lowest BCUT2D eigenvalue weighted by Gasteiger charge is -2.21. The third kappa shape index (κ3) is 68.4. The van der Waals surface area contributed by atoms with E-state index in [1.165, 1.54) is 212 Å². The van der Waals surface area contributed by atoms with Crippen LogP contribution in [0, 0.1) is 0 Å². The molecule has 0 rings (SSSR count). The molecule has 0 bridgehead atoms. The summed E-state index contributed by atoms with van der Waals surface area (Å²) in [5.74, 6) is -2.12. The van der Waals surface area contributed by atoms with Gasteiger partial charge >= 0.3 is 39.5 Å². The van der Waals surface area contributed by atoms with Gasteiger partial charge in [-0.1, -0.05) is 342 Å². The molecule has 0 aromatic heterocycles. The Morgan fingerprint density at radius 1 is 0.258 bits per heavy atom. The lowest BCUT2D eigenvalue weighted by molar-refractivity contribution is -0.161. The molecule has 0 spiro atoms. The minimum atomic E-state index is -4.95. The van der Waals surface area contributed by atoms with E-state index in [-0.39, 0.29) is 25.7 Å². The van der Waals surface area contributed by atoms with Gasteiger partial charge in [-0.05, 0) is 25.7 Å². The molecule has 2 unspecified atom stereocenters. The molecule has 19 heteroatoms. The summed E-state index contributed by atoms with van der Waals surface area (Å²) in [5, 5.41) is 10.6. The van der Waals surface area contributed by atoms with Gasteiger partial charge in [0.05, 0.1) is 26.4 Å². The number of unbranched alkanes of at least 4 members (excludes halogenated alkanes) is 49. The number of ether oxygens (including phenoxy) is 4. The van der Waals surface area contributed by atoms with Crippen LogP contribution in [0.3, 0.4) is 0 Å². The van der Waals surface area contributed by atoms with Crippen molar-refractivity contribution in [3.05, 3.63) is 0 Å². The number of carbonyl (C=O) groups is 4. The van der Waals surface area contributed by atoms with E-state index in [1.54, 1.807) is 0 Å². The van der Waals surface area contributed by atoms with Gasteiger partial charge in [-0.25, -0.2) is 9.13 Å². The molecule has 3 N–H and O–H groups in total. The SMILES string of the molecule is CCCCCCCCCCCCCCCCCCCCC(=O)O[C@H](COC(=O)CCCCCCCCCCCCCCCCCC)COP(=O)(O)OC[C@@H](O)COP(=O)(O)OC[C@@H](COC(=O)CCCCCCCCC)OC(=O)CCCCCCCCCCCCCC. The van der Waals surface area contributed by atoms with Gasteiger partial charge in [0.1, 0.15) is 19.3 Å².